The summed E-state index contributed by atoms with van der Waals surface area (Å²) in [5, 5.41) is 0. The van der Waals surface area contributed by atoms with Crippen molar-refractivity contribution >= 4 is 11.1 Å². The van der Waals surface area contributed by atoms with Crippen molar-refractivity contribution in [3.8, 4) is 0 Å². The van der Waals surface area contributed by atoms with Crippen molar-refractivity contribution in [2.75, 3.05) is 0 Å². The van der Waals surface area contributed by atoms with Crippen LogP contribution in [0, 0.1) is 6.92 Å². The van der Waals surface area contributed by atoms with Gasteiger partial charge >= 0.3 is 6.18 Å². The van der Waals surface area contributed by atoms with Gasteiger partial charge < -0.3 is 10.2 Å². The largest absolute Gasteiger partial charge is 0.438 e. The zero-order valence-electron chi connectivity index (χ0n) is 9.30. The van der Waals surface area contributed by atoms with E-state index in [1.54, 1.807) is 18.2 Å². The van der Waals surface area contributed by atoms with Crippen LogP contribution in [0.1, 0.15) is 18.4 Å². The predicted molar refractivity (Wildman–Crippen MR) is 56.3 cm³/mol. The van der Waals surface area contributed by atoms with E-state index in [0.717, 1.165) is 12.5 Å². The summed E-state index contributed by atoms with van der Waals surface area (Å²) in [5.74, 6) is -0.523. The standard InChI is InChI=1S/C11H11F3N2O/c1-6-3-4-7-8(5-6)17-9(16-7)10(2,15)11(12,13)14/h3-5H,15H2,1-2H3. The van der Waals surface area contributed by atoms with Gasteiger partial charge in [-0.3, -0.25) is 0 Å². The van der Waals surface area contributed by atoms with Crippen LogP contribution in [0.3, 0.4) is 0 Å². The number of nitrogens with zero attached hydrogens (tertiary/aromatic N) is 1. The lowest BCUT2D eigenvalue weighted by molar-refractivity contribution is -0.189. The summed E-state index contributed by atoms with van der Waals surface area (Å²) < 4.78 is 43.2. The number of oxazole rings is 1. The second-order valence-corrected chi connectivity index (χ2v) is 4.19. The van der Waals surface area contributed by atoms with Gasteiger partial charge in [-0.1, -0.05) is 6.07 Å². The molecule has 92 valence electrons. The van der Waals surface area contributed by atoms with Crippen LogP contribution in [0.4, 0.5) is 13.2 Å². The van der Waals surface area contributed by atoms with E-state index in [2.05, 4.69) is 4.98 Å². The molecule has 0 fully saturated rings. The number of rotatable bonds is 1. The summed E-state index contributed by atoms with van der Waals surface area (Å²) in [6, 6.07) is 4.97. The molecule has 0 saturated carbocycles. The molecule has 0 aliphatic carbocycles. The number of hydrogen-bond acceptors (Lipinski definition) is 3. The maximum atomic E-state index is 12.7. The second kappa shape index (κ2) is 3.46. The van der Waals surface area contributed by atoms with E-state index in [0.29, 0.717) is 11.1 Å². The van der Waals surface area contributed by atoms with Gasteiger partial charge in [-0.05, 0) is 31.5 Å². The number of halogens is 3. The highest BCUT2D eigenvalue weighted by atomic mass is 19.4. The van der Waals surface area contributed by atoms with Gasteiger partial charge in [0.05, 0.1) is 0 Å². The molecule has 0 aliphatic rings. The minimum absolute atomic E-state index is 0.306. The third kappa shape index (κ3) is 1.88. The molecule has 2 aromatic rings. The van der Waals surface area contributed by atoms with Crippen LogP contribution in [0.5, 0.6) is 0 Å². The molecule has 0 saturated heterocycles. The molecule has 0 radical (unpaired) electrons. The van der Waals surface area contributed by atoms with Crippen LogP contribution in [0.25, 0.3) is 11.1 Å². The van der Waals surface area contributed by atoms with E-state index in [1.165, 1.54) is 0 Å². The zero-order chi connectivity index (χ0) is 12.8. The van der Waals surface area contributed by atoms with Gasteiger partial charge in [0.2, 0.25) is 5.89 Å². The zero-order valence-corrected chi connectivity index (χ0v) is 9.30. The molecule has 0 spiro atoms. The average Bonchev–Trinajstić information content (AvgIpc) is 2.58. The Morgan fingerprint density at radius 2 is 1.94 bits per heavy atom. The number of aromatic nitrogens is 1. The maximum Gasteiger partial charge on any atom is 0.415 e. The highest BCUT2D eigenvalue weighted by Gasteiger charge is 2.53. The summed E-state index contributed by atoms with van der Waals surface area (Å²) in [7, 11) is 0. The Labute approximate surface area is 95.4 Å². The number of hydrogen-bond donors (Lipinski definition) is 1. The first kappa shape index (κ1) is 11.9. The van der Waals surface area contributed by atoms with E-state index < -0.39 is 17.6 Å². The molecular weight excluding hydrogens is 233 g/mol. The highest BCUT2D eigenvalue weighted by Crippen LogP contribution is 2.37. The van der Waals surface area contributed by atoms with Crippen LogP contribution in [0.15, 0.2) is 22.6 Å². The van der Waals surface area contributed by atoms with Crippen molar-refractivity contribution in [2.45, 2.75) is 25.6 Å². The van der Waals surface area contributed by atoms with Gasteiger partial charge in [-0.25, -0.2) is 4.98 Å². The van der Waals surface area contributed by atoms with Gasteiger partial charge in [-0.15, -0.1) is 0 Å². The van der Waals surface area contributed by atoms with Gasteiger partial charge in [0, 0.05) is 0 Å². The monoisotopic (exact) mass is 244 g/mol. The number of alkyl halides is 3. The van der Waals surface area contributed by atoms with Gasteiger partial charge in [-0.2, -0.15) is 13.2 Å². The highest BCUT2D eigenvalue weighted by molar-refractivity contribution is 5.73. The molecule has 3 nitrogen and oxygen atoms in total. The fourth-order valence-electron chi connectivity index (χ4n) is 1.38. The number of aryl methyl sites for hydroxylation is 1. The third-order valence-electron chi connectivity index (χ3n) is 2.58. The summed E-state index contributed by atoms with van der Waals surface area (Å²) in [6.45, 7) is 2.65. The summed E-state index contributed by atoms with van der Waals surface area (Å²) in [5.41, 5.74) is 4.21. The first-order chi connectivity index (χ1) is 7.72. The molecular formula is C11H11F3N2O. The molecule has 1 aromatic carbocycles. The Balaban J connectivity index is 2.57. The lowest BCUT2D eigenvalue weighted by Gasteiger charge is -2.23. The second-order valence-electron chi connectivity index (χ2n) is 4.19. The van der Waals surface area contributed by atoms with E-state index in [4.69, 9.17) is 10.2 Å². The molecule has 1 unspecified atom stereocenters. The molecule has 6 heteroatoms. The topological polar surface area (TPSA) is 52.0 Å². The van der Waals surface area contributed by atoms with E-state index >= 15 is 0 Å². The van der Waals surface area contributed by atoms with E-state index in [9.17, 15) is 13.2 Å². The molecule has 0 aliphatic heterocycles. The smallest absolute Gasteiger partial charge is 0.415 e. The van der Waals surface area contributed by atoms with Crippen LogP contribution >= 0.6 is 0 Å². The van der Waals surface area contributed by atoms with Crippen molar-refractivity contribution in [3.63, 3.8) is 0 Å². The van der Waals surface area contributed by atoms with Crippen LogP contribution < -0.4 is 5.73 Å². The van der Waals surface area contributed by atoms with E-state index in [1.807, 2.05) is 6.92 Å². The van der Waals surface area contributed by atoms with Crippen LogP contribution in [-0.4, -0.2) is 11.2 Å². The third-order valence-corrected chi connectivity index (χ3v) is 2.58. The lowest BCUT2D eigenvalue weighted by Crippen LogP contribution is -2.47. The Morgan fingerprint density at radius 3 is 2.53 bits per heavy atom. The molecule has 17 heavy (non-hydrogen) atoms. The van der Waals surface area contributed by atoms with Gasteiger partial charge in [0.1, 0.15) is 5.52 Å². The molecule has 1 atom stereocenters. The fraction of sp³-hybridized carbons (Fsp3) is 0.364. The number of benzene rings is 1. The summed E-state index contributed by atoms with van der Waals surface area (Å²) in [6.07, 6.45) is -4.61. The van der Waals surface area contributed by atoms with Gasteiger partial charge in [0.15, 0.2) is 11.1 Å². The first-order valence-corrected chi connectivity index (χ1v) is 4.95. The van der Waals surface area contributed by atoms with Crippen molar-refractivity contribution in [2.24, 2.45) is 5.73 Å². The van der Waals surface area contributed by atoms with Crippen molar-refractivity contribution in [1.82, 2.24) is 4.98 Å². The minimum atomic E-state index is -4.61. The summed E-state index contributed by atoms with van der Waals surface area (Å²) in [4.78, 5) is 3.78. The molecule has 1 heterocycles. The Morgan fingerprint density at radius 1 is 1.29 bits per heavy atom. The van der Waals surface area contributed by atoms with Gasteiger partial charge in [0.25, 0.3) is 0 Å². The fourth-order valence-corrected chi connectivity index (χ4v) is 1.38. The number of nitrogens with two attached hydrogens (primary N) is 1. The Hall–Kier alpha value is -1.56. The minimum Gasteiger partial charge on any atom is -0.438 e. The van der Waals surface area contributed by atoms with Crippen molar-refractivity contribution < 1.29 is 17.6 Å². The molecule has 2 rings (SSSR count). The Bertz CT molecular complexity index is 557. The number of fused-ring (bicyclic) bond motifs is 1. The van der Waals surface area contributed by atoms with E-state index in [-0.39, 0.29) is 0 Å². The normalized spacial score (nSPS) is 16.1. The summed E-state index contributed by atoms with van der Waals surface area (Å²) >= 11 is 0. The van der Waals surface area contributed by atoms with Crippen molar-refractivity contribution in [1.29, 1.82) is 0 Å². The maximum absolute atomic E-state index is 12.7. The molecule has 1 aromatic heterocycles. The quantitative estimate of drug-likeness (QED) is 0.839. The van der Waals surface area contributed by atoms with Crippen LogP contribution in [0.2, 0.25) is 0 Å². The first-order valence-electron chi connectivity index (χ1n) is 4.95. The lowest BCUT2D eigenvalue weighted by atomic mass is 10.0. The molecule has 2 N–H and O–H groups in total. The van der Waals surface area contributed by atoms with Crippen LogP contribution in [-0.2, 0) is 5.54 Å². The average molecular weight is 244 g/mol. The molecule has 0 amide bonds. The predicted octanol–water partition coefficient (Wildman–Crippen LogP) is 2.87. The van der Waals surface area contributed by atoms with Crippen molar-refractivity contribution in [3.05, 3.63) is 29.7 Å². The Kier molecular flexibility index (Phi) is 2.43. The molecule has 0 bridgehead atoms. The SMILES string of the molecule is Cc1ccc2nc(C(C)(N)C(F)(F)F)oc2c1.